The van der Waals surface area contributed by atoms with E-state index in [0.717, 1.165) is 23.5 Å². The highest BCUT2D eigenvalue weighted by Gasteiger charge is 2.59. The van der Waals surface area contributed by atoms with Crippen LogP contribution in [0.5, 0.6) is 0 Å². The Kier molecular flexibility index (Phi) is 9.57. The quantitative estimate of drug-likeness (QED) is 0.144. The molecule has 0 bridgehead atoms. The minimum atomic E-state index is -2.95. The summed E-state index contributed by atoms with van der Waals surface area (Å²) in [6.45, 7) is 22.1. The van der Waals surface area contributed by atoms with Crippen LogP contribution in [0.3, 0.4) is 0 Å². The molecule has 0 radical (unpaired) electrons. The molecule has 3 heterocycles. The lowest BCUT2D eigenvalue weighted by Gasteiger charge is -2.45. The van der Waals surface area contributed by atoms with Gasteiger partial charge in [0, 0.05) is 11.4 Å². The minimum absolute atomic E-state index is 0.136. The second kappa shape index (κ2) is 13.4. The van der Waals surface area contributed by atoms with E-state index in [1.54, 1.807) is 0 Å². The zero-order valence-electron chi connectivity index (χ0n) is 30.9. The summed E-state index contributed by atoms with van der Waals surface area (Å²) in [5.41, 5.74) is 9.71. The van der Waals surface area contributed by atoms with Crippen molar-refractivity contribution in [2.24, 2.45) is 0 Å². The highest BCUT2D eigenvalue weighted by molar-refractivity contribution is 7.23. The molecule has 1 aliphatic rings. The molecule has 0 fully saturated rings. The van der Waals surface area contributed by atoms with Crippen molar-refractivity contribution < 1.29 is 0 Å². The van der Waals surface area contributed by atoms with E-state index >= 15 is 0 Å². The topological polar surface area (TPSA) is 25.8 Å². The summed E-state index contributed by atoms with van der Waals surface area (Å²) in [4.78, 5) is 11.3. The van der Waals surface area contributed by atoms with E-state index in [9.17, 15) is 0 Å². The predicted molar refractivity (Wildman–Crippen MR) is 221 cm³/mol. The van der Waals surface area contributed by atoms with Gasteiger partial charge < -0.3 is 0 Å². The summed E-state index contributed by atoms with van der Waals surface area (Å²) < 4.78 is 0. The molecule has 2 nitrogen and oxygen atoms in total. The van der Waals surface area contributed by atoms with Gasteiger partial charge in [-0.25, -0.2) is 0 Å². The molecule has 0 amide bonds. The van der Waals surface area contributed by atoms with Crippen LogP contribution in [0.15, 0.2) is 127 Å². The third-order valence-corrected chi connectivity index (χ3v) is 18.3. The molecular weight excluding hydrogens is 641 g/mol. The summed E-state index contributed by atoms with van der Waals surface area (Å²) in [7, 11) is -5.79. The number of nitrogens with zero attached hydrogens (tertiary/aromatic N) is 2. The fourth-order valence-electron chi connectivity index (χ4n) is 7.86. The van der Waals surface area contributed by atoms with Gasteiger partial charge in [0.2, 0.25) is 0 Å². The molecule has 5 heteroatoms. The van der Waals surface area contributed by atoms with Crippen molar-refractivity contribution in [1.29, 1.82) is 0 Å². The molecule has 0 saturated carbocycles. The van der Waals surface area contributed by atoms with Crippen LogP contribution in [0, 0.1) is 0 Å². The fourth-order valence-corrected chi connectivity index (χ4v) is 16.6. The van der Waals surface area contributed by atoms with Crippen LogP contribution in [0.2, 0.25) is 44.3 Å². The maximum atomic E-state index is 5.64. The smallest absolute Gasteiger partial charge is 0.160 e. The Bertz CT molecular complexity index is 1870. The summed E-state index contributed by atoms with van der Waals surface area (Å²) in [6.07, 6.45) is 0. The van der Waals surface area contributed by atoms with Gasteiger partial charge in [0.1, 0.15) is 0 Å². The van der Waals surface area contributed by atoms with Crippen molar-refractivity contribution >= 4 is 50.9 Å². The second-order valence-electron chi connectivity index (χ2n) is 17.1. The Balaban J connectivity index is 1.85. The molecule has 0 N–H and O–H groups in total. The van der Waals surface area contributed by atoms with Crippen molar-refractivity contribution in [2.45, 2.75) is 77.2 Å². The molecule has 1 aliphatic heterocycles. The van der Waals surface area contributed by atoms with Crippen molar-refractivity contribution in [3.05, 3.63) is 161 Å². The van der Waals surface area contributed by atoms with Crippen LogP contribution < -0.4 is 5.19 Å². The summed E-state index contributed by atoms with van der Waals surface area (Å²) in [5, 5.41) is 4.08. The van der Waals surface area contributed by atoms with E-state index in [1.807, 2.05) is 0 Å². The zero-order valence-corrected chi connectivity index (χ0v) is 33.9. The third kappa shape index (κ3) is 7.07. The van der Waals surface area contributed by atoms with E-state index in [0.29, 0.717) is 0 Å². The zero-order chi connectivity index (χ0) is 35.0. The molecule has 250 valence electrons. The number of rotatable bonds is 9. The van der Waals surface area contributed by atoms with Crippen LogP contribution in [0.25, 0.3) is 21.5 Å². The molecule has 0 spiro atoms. The van der Waals surface area contributed by atoms with Crippen molar-refractivity contribution in [2.75, 3.05) is 0 Å². The number of hydrogen-bond acceptors (Lipinski definition) is 2. The van der Waals surface area contributed by atoms with Gasteiger partial charge in [0.25, 0.3) is 0 Å². The largest absolute Gasteiger partial charge is 0.254 e. The first-order valence-electron chi connectivity index (χ1n) is 17.8. The Hall–Kier alpha value is -3.91. The normalized spacial score (nSPS) is 15.2. The van der Waals surface area contributed by atoms with Gasteiger partial charge >= 0.3 is 0 Å². The Morgan fingerprint density at radius 1 is 0.469 bits per heavy atom. The molecule has 0 atom stereocenters. The number of allylic oxidation sites excluding steroid dienone is 2. The first-order valence-corrected chi connectivity index (χ1v) is 27.2. The molecule has 5 aromatic rings. The average Bonchev–Trinajstić information content (AvgIpc) is 3.38. The molecule has 6 rings (SSSR count). The van der Waals surface area contributed by atoms with E-state index in [4.69, 9.17) is 9.97 Å². The van der Waals surface area contributed by atoms with Gasteiger partial charge in [-0.2, -0.15) is 0 Å². The van der Waals surface area contributed by atoms with Crippen molar-refractivity contribution in [3.8, 4) is 0 Å². The first kappa shape index (κ1) is 34.9. The lowest BCUT2D eigenvalue weighted by atomic mass is 9.90. The molecular formula is C44H52N2Si3. The monoisotopic (exact) mass is 692 g/mol. The first-order chi connectivity index (χ1) is 23.2. The van der Waals surface area contributed by atoms with Crippen LogP contribution in [-0.2, 0) is 12.1 Å². The molecule has 0 aliphatic carbocycles. The number of pyridine rings is 2. The number of benzene rings is 3. The molecule has 3 aromatic carbocycles. The Labute approximate surface area is 298 Å². The molecule has 0 saturated heterocycles. The SMILES string of the molecule is CC(C)(C)[Si]1(c2ccccc2)C(c2cccc(C[Si](C)(C)C)n2)=C(c2ccccc2)C(c2ccccc2)=C1c1cccc(C[Si](C)(C)C)n1. The third-order valence-electron chi connectivity index (χ3n) is 9.51. The molecule has 2 aromatic heterocycles. The second-order valence-corrected chi connectivity index (χ2v) is 32.6. The van der Waals surface area contributed by atoms with Gasteiger partial charge in [0.05, 0.1) is 27.5 Å². The van der Waals surface area contributed by atoms with Crippen LogP contribution in [0.1, 0.15) is 54.7 Å². The highest BCUT2D eigenvalue weighted by Crippen LogP contribution is 2.62. The van der Waals surface area contributed by atoms with E-state index in [2.05, 4.69) is 187 Å². The van der Waals surface area contributed by atoms with E-state index < -0.39 is 24.2 Å². The standard InChI is InChI=1S/C44H52N2Si3/c1-44(2,3)49(37-27-17-12-18-28-37)42(38-29-19-25-35(45-38)31-47(4,5)6)40(33-21-13-10-14-22-33)41(34-23-15-11-16-24-34)43(49)39-30-20-26-36(46-39)32-48(7,8)9/h10-30H,31-32H2,1-9H3. The summed E-state index contributed by atoms with van der Waals surface area (Å²) >= 11 is 0. The van der Waals surface area contributed by atoms with E-state index in [1.165, 1.54) is 49.2 Å². The summed E-state index contributed by atoms with van der Waals surface area (Å²) in [5.74, 6) is 0. The lowest BCUT2D eigenvalue weighted by Crippen LogP contribution is -2.57. The van der Waals surface area contributed by atoms with Gasteiger partial charge in [-0.3, -0.25) is 9.97 Å². The Morgan fingerprint density at radius 2 is 0.837 bits per heavy atom. The van der Waals surface area contributed by atoms with Crippen molar-refractivity contribution in [3.63, 3.8) is 0 Å². The number of aromatic nitrogens is 2. The van der Waals surface area contributed by atoms with E-state index in [-0.39, 0.29) is 5.04 Å². The van der Waals surface area contributed by atoms with Crippen LogP contribution in [0.4, 0.5) is 0 Å². The maximum absolute atomic E-state index is 5.64. The predicted octanol–water partition coefficient (Wildman–Crippen LogP) is 11.1. The van der Waals surface area contributed by atoms with Crippen molar-refractivity contribution in [1.82, 2.24) is 9.97 Å². The average molecular weight is 693 g/mol. The maximum Gasteiger partial charge on any atom is 0.160 e. The van der Waals surface area contributed by atoms with Gasteiger partial charge in [-0.15, -0.1) is 0 Å². The van der Waals surface area contributed by atoms with Gasteiger partial charge in [-0.05, 0) is 79.2 Å². The fraction of sp³-hybridized carbons (Fsp3) is 0.273. The van der Waals surface area contributed by atoms with Crippen LogP contribution >= 0.6 is 0 Å². The minimum Gasteiger partial charge on any atom is -0.254 e. The lowest BCUT2D eigenvalue weighted by molar-refractivity contribution is 0.741. The molecule has 49 heavy (non-hydrogen) atoms. The highest BCUT2D eigenvalue weighted by atomic mass is 28.3. The number of hydrogen-bond donors (Lipinski definition) is 0. The Morgan fingerprint density at radius 3 is 1.18 bits per heavy atom. The summed E-state index contributed by atoms with van der Waals surface area (Å²) in [6, 6.07) is 49.3. The van der Waals surface area contributed by atoms with Crippen LogP contribution in [-0.4, -0.2) is 34.2 Å². The van der Waals surface area contributed by atoms with Gasteiger partial charge in [-0.1, -0.05) is 163 Å². The molecule has 0 unspecified atom stereocenters. The van der Waals surface area contributed by atoms with Gasteiger partial charge in [0.15, 0.2) is 8.07 Å².